The van der Waals surface area contributed by atoms with Crippen molar-refractivity contribution in [3.63, 3.8) is 0 Å². The number of aromatic nitrogens is 2. The van der Waals surface area contributed by atoms with E-state index >= 15 is 0 Å². The zero-order chi connectivity index (χ0) is 17.9. The summed E-state index contributed by atoms with van der Waals surface area (Å²) in [5, 5.41) is 11.7. The van der Waals surface area contributed by atoms with Gasteiger partial charge in [0.15, 0.2) is 5.06 Å². The van der Waals surface area contributed by atoms with Gasteiger partial charge in [0.25, 0.3) is 0 Å². The lowest BCUT2D eigenvalue weighted by Gasteiger charge is -2.34. The predicted molar refractivity (Wildman–Crippen MR) is 108 cm³/mol. The molecule has 26 heavy (non-hydrogen) atoms. The van der Waals surface area contributed by atoms with E-state index in [1.807, 2.05) is 18.2 Å². The first kappa shape index (κ1) is 16.9. The second kappa shape index (κ2) is 7.39. The van der Waals surface area contributed by atoms with E-state index in [2.05, 4.69) is 56.6 Å². The number of rotatable bonds is 5. The molecule has 0 atom stereocenters. The summed E-state index contributed by atoms with van der Waals surface area (Å²) in [5.74, 6) is 0.875. The fourth-order valence-electron chi connectivity index (χ4n) is 3.06. The van der Waals surface area contributed by atoms with Crippen molar-refractivity contribution in [1.82, 2.24) is 15.1 Å². The molecule has 3 heterocycles. The largest absolute Gasteiger partial charge is 0.487 e. The number of ether oxygens (including phenoxy) is 1. The number of benzene rings is 1. The maximum absolute atomic E-state index is 5.24. The Morgan fingerprint density at radius 3 is 2.54 bits per heavy atom. The maximum atomic E-state index is 5.24. The van der Waals surface area contributed by atoms with E-state index in [9.17, 15) is 0 Å². The number of anilines is 3. The normalized spacial score (nSPS) is 15.2. The van der Waals surface area contributed by atoms with E-state index in [-0.39, 0.29) is 0 Å². The Bertz CT molecular complexity index is 849. The highest BCUT2D eigenvalue weighted by molar-refractivity contribution is 7.17. The van der Waals surface area contributed by atoms with E-state index in [1.54, 1.807) is 18.4 Å². The third-order valence-corrected chi connectivity index (χ3v) is 5.70. The summed E-state index contributed by atoms with van der Waals surface area (Å²) in [7, 11) is 3.86. The number of nitrogens with one attached hydrogen (secondary N) is 2. The van der Waals surface area contributed by atoms with Gasteiger partial charge in [-0.1, -0.05) is 11.3 Å². The summed E-state index contributed by atoms with van der Waals surface area (Å²) in [6, 6.07) is 14.6. The molecule has 6 nitrogen and oxygen atoms in total. The zero-order valence-corrected chi connectivity index (χ0v) is 15.8. The predicted octanol–water partition coefficient (Wildman–Crippen LogP) is 3.64. The first-order chi connectivity index (χ1) is 12.7. The van der Waals surface area contributed by atoms with Crippen LogP contribution in [0.15, 0.2) is 42.5 Å². The molecule has 0 saturated carbocycles. The molecule has 0 aliphatic carbocycles. The van der Waals surface area contributed by atoms with Crippen LogP contribution in [0.25, 0.3) is 10.6 Å². The maximum Gasteiger partial charge on any atom is 0.173 e. The molecule has 1 aliphatic rings. The quantitative estimate of drug-likeness (QED) is 0.719. The molecule has 1 aliphatic heterocycles. The molecule has 3 aromatic rings. The van der Waals surface area contributed by atoms with Crippen molar-refractivity contribution in [2.24, 2.45) is 0 Å². The number of thiophene rings is 1. The lowest BCUT2D eigenvalue weighted by molar-refractivity contribution is 0.313. The molecule has 0 amide bonds. The van der Waals surface area contributed by atoms with Crippen LogP contribution in [0, 0.1) is 0 Å². The van der Waals surface area contributed by atoms with E-state index in [0.717, 1.165) is 53.3 Å². The van der Waals surface area contributed by atoms with Gasteiger partial charge in [0.1, 0.15) is 11.5 Å². The second-order valence-electron chi connectivity index (χ2n) is 6.45. The highest BCUT2D eigenvalue weighted by atomic mass is 32.1. The lowest BCUT2D eigenvalue weighted by atomic mass is 10.2. The molecule has 1 aromatic carbocycles. The molecule has 0 unspecified atom stereocenters. The molecule has 7 heteroatoms. The average molecular weight is 369 g/mol. The summed E-state index contributed by atoms with van der Waals surface area (Å²) in [6.45, 7) is 4.39. The molecule has 2 aromatic heterocycles. The SMILES string of the molecule is COc1ccc(-c2cc(Nc3ccc(N4CCN(C)CC4)cc3)[nH]n2)s1. The zero-order valence-electron chi connectivity index (χ0n) is 15.0. The monoisotopic (exact) mass is 369 g/mol. The molecule has 0 spiro atoms. The number of likely N-dealkylation sites (N-methyl/N-ethyl adjacent to an activating group) is 1. The fraction of sp³-hybridized carbons (Fsp3) is 0.316. The molecule has 1 fully saturated rings. The van der Waals surface area contributed by atoms with Gasteiger partial charge in [0.05, 0.1) is 12.0 Å². The summed E-state index contributed by atoms with van der Waals surface area (Å²) < 4.78 is 5.24. The van der Waals surface area contributed by atoms with Crippen molar-refractivity contribution in [3.05, 3.63) is 42.5 Å². The van der Waals surface area contributed by atoms with Crippen molar-refractivity contribution in [2.75, 3.05) is 50.6 Å². The highest BCUT2D eigenvalue weighted by Crippen LogP contribution is 2.33. The standard InChI is InChI=1S/C19H23N5OS/c1-23-9-11-24(12-10-23)15-5-3-14(4-6-15)20-18-13-16(21-22-18)17-7-8-19(25-2)26-17/h3-8,13H,9-12H2,1-2H3,(H2,20,21,22). The van der Waals surface area contributed by atoms with Gasteiger partial charge in [-0.25, -0.2) is 0 Å². The Hall–Kier alpha value is -2.51. The van der Waals surface area contributed by atoms with Gasteiger partial charge in [-0.3, -0.25) is 5.10 Å². The third-order valence-electron chi connectivity index (χ3n) is 4.63. The minimum atomic E-state index is 0.875. The Morgan fingerprint density at radius 1 is 1.08 bits per heavy atom. The molecule has 0 bridgehead atoms. The minimum Gasteiger partial charge on any atom is -0.487 e. The molecule has 4 rings (SSSR count). The van der Waals surface area contributed by atoms with Crippen LogP contribution in [0.5, 0.6) is 5.06 Å². The van der Waals surface area contributed by atoms with Gasteiger partial charge in [-0.05, 0) is 43.4 Å². The van der Waals surface area contributed by atoms with Crippen LogP contribution in [-0.2, 0) is 0 Å². The van der Waals surface area contributed by atoms with Gasteiger partial charge in [-0.2, -0.15) is 5.10 Å². The Labute approximate surface area is 157 Å². The number of hydrogen-bond donors (Lipinski definition) is 2. The molecular formula is C19H23N5OS. The molecule has 2 N–H and O–H groups in total. The second-order valence-corrected chi connectivity index (χ2v) is 7.50. The van der Waals surface area contributed by atoms with Crippen molar-refractivity contribution < 1.29 is 4.74 Å². The van der Waals surface area contributed by atoms with Gasteiger partial charge in [0.2, 0.25) is 0 Å². The van der Waals surface area contributed by atoms with Gasteiger partial charge in [-0.15, -0.1) is 0 Å². The fourth-order valence-corrected chi connectivity index (χ4v) is 3.84. The third kappa shape index (κ3) is 3.68. The van der Waals surface area contributed by atoms with E-state index in [1.165, 1.54) is 5.69 Å². The van der Waals surface area contributed by atoms with E-state index < -0.39 is 0 Å². The van der Waals surface area contributed by atoms with E-state index in [0.29, 0.717) is 0 Å². The number of hydrogen-bond acceptors (Lipinski definition) is 6. The summed E-state index contributed by atoms with van der Waals surface area (Å²) >= 11 is 1.58. The van der Waals surface area contributed by atoms with Crippen molar-refractivity contribution >= 4 is 28.5 Å². The highest BCUT2D eigenvalue weighted by Gasteiger charge is 2.14. The minimum absolute atomic E-state index is 0.875. The van der Waals surface area contributed by atoms with Crippen LogP contribution in [0.1, 0.15) is 0 Å². The van der Waals surface area contributed by atoms with Crippen LogP contribution in [0.3, 0.4) is 0 Å². The van der Waals surface area contributed by atoms with Crippen LogP contribution in [0.4, 0.5) is 17.2 Å². The summed E-state index contributed by atoms with van der Waals surface area (Å²) in [5.41, 5.74) is 3.23. The van der Waals surface area contributed by atoms with Crippen molar-refractivity contribution in [1.29, 1.82) is 0 Å². The summed E-state index contributed by atoms with van der Waals surface area (Å²) in [6.07, 6.45) is 0. The van der Waals surface area contributed by atoms with Gasteiger partial charge < -0.3 is 19.9 Å². The van der Waals surface area contributed by atoms with Crippen LogP contribution in [0.2, 0.25) is 0 Å². The Kier molecular flexibility index (Phi) is 4.81. The van der Waals surface area contributed by atoms with E-state index in [4.69, 9.17) is 4.74 Å². The van der Waals surface area contributed by atoms with Crippen molar-refractivity contribution in [2.45, 2.75) is 0 Å². The van der Waals surface area contributed by atoms with Gasteiger partial charge >= 0.3 is 0 Å². The van der Waals surface area contributed by atoms with Crippen LogP contribution in [-0.4, -0.2) is 55.4 Å². The lowest BCUT2D eigenvalue weighted by Crippen LogP contribution is -2.44. The molecule has 136 valence electrons. The Morgan fingerprint density at radius 2 is 1.85 bits per heavy atom. The van der Waals surface area contributed by atoms with Gasteiger partial charge in [0, 0.05) is 43.6 Å². The topological polar surface area (TPSA) is 56.4 Å². The van der Waals surface area contributed by atoms with Crippen LogP contribution < -0.4 is 15.0 Å². The Balaban J connectivity index is 1.41. The van der Waals surface area contributed by atoms with Crippen molar-refractivity contribution in [3.8, 4) is 15.6 Å². The molecular weight excluding hydrogens is 346 g/mol. The number of methoxy groups -OCH3 is 1. The number of H-pyrrole nitrogens is 1. The summed E-state index contributed by atoms with van der Waals surface area (Å²) in [4.78, 5) is 5.88. The smallest absolute Gasteiger partial charge is 0.173 e. The first-order valence-corrected chi connectivity index (χ1v) is 9.53. The number of piperazine rings is 1. The number of nitrogens with zero attached hydrogens (tertiary/aromatic N) is 3. The molecule has 1 saturated heterocycles. The first-order valence-electron chi connectivity index (χ1n) is 8.71. The molecule has 0 radical (unpaired) electrons. The van der Waals surface area contributed by atoms with Crippen LogP contribution >= 0.6 is 11.3 Å². The average Bonchev–Trinajstić information content (AvgIpc) is 3.32. The number of aromatic amines is 1.